The summed E-state index contributed by atoms with van der Waals surface area (Å²) >= 11 is 0. The minimum absolute atomic E-state index is 0.0419. The van der Waals surface area contributed by atoms with Gasteiger partial charge in [-0.3, -0.25) is 9.48 Å². The molecule has 1 fully saturated rings. The third-order valence-corrected chi connectivity index (χ3v) is 6.60. The molecule has 2 heterocycles. The zero-order valence-corrected chi connectivity index (χ0v) is 22.6. The van der Waals surface area contributed by atoms with Crippen molar-refractivity contribution in [1.29, 1.82) is 0 Å². The van der Waals surface area contributed by atoms with Gasteiger partial charge in [0.1, 0.15) is 5.60 Å². The topological polar surface area (TPSA) is 80.0 Å². The molecule has 0 bridgehead atoms. The Morgan fingerprint density at radius 3 is 2.61 bits per heavy atom. The number of hydrazone groups is 1. The molecule has 1 saturated carbocycles. The molecule has 8 nitrogen and oxygen atoms in total. The Balaban J connectivity index is 1.53. The van der Waals surface area contributed by atoms with Gasteiger partial charge in [-0.05, 0) is 71.9 Å². The Morgan fingerprint density at radius 1 is 1.19 bits per heavy atom. The Kier molecular flexibility index (Phi) is 7.25. The monoisotopic (exact) mass is 493 g/mol. The van der Waals surface area contributed by atoms with E-state index in [1.54, 1.807) is 6.20 Å². The first-order chi connectivity index (χ1) is 16.9. The molecule has 2 amide bonds. The SMILES string of the molecule is CC(C)Cn1ncc2c(C(=O)N(C(C)C)C3CCC4=NN(C(=O)OC(C)(C)C)C=CC4C3)cccc21. The summed E-state index contributed by atoms with van der Waals surface area (Å²) in [5, 5.41) is 11.3. The summed E-state index contributed by atoms with van der Waals surface area (Å²) in [7, 11) is 0. The molecular weight excluding hydrogens is 454 g/mol. The van der Waals surface area contributed by atoms with Crippen molar-refractivity contribution in [3.8, 4) is 0 Å². The van der Waals surface area contributed by atoms with Crippen molar-refractivity contribution in [3.63, 3.8) is 0 Å². The first-order valence-corrected chi connectivity index (χ1v) is 13.0. The van der Waals surface area contributed by atoms with Gasteiger partial charge in [0.15, 0.2) is 0 Å². The van der Waals surface area contributed by atoms with Crippen LogP contribution in [0, 0.1) is 11.8 Å². The lowest BCUT2D eigenvalue weighted by Gasteiger charge is -2.41. The second-order valence-corrected chi connectivity index (χ2v) is 11.6. The predicted molar refractivity (Wildman–Crippen MR) is 142 cm³/mol. The number of fused-ring (bicyclic) bond motifs is 2. The van der Waals surface area contributed by atoms with E-state index in [2.05, 4.69) is 37.9 Å². The van der Waals surface area contributed by atoms with Crippen molar-refractivity contribution in [2.75, 3.05) is 0 Å². The number of carbonyl (C=O) groups excluding carboxylic acids is 2. The van der Waals surface area contributed by atoms with E-state index < -0.39 is 11.7 Å². The molecule has 4 rings (SSSR count). The van der Waals surface area contributed by atoms with Crippen molar-refractivity contribution < 1.29 is 14.3 Å². The molecule has 0 N–H and O–H groups in total. The van der Waals surface area contributed by atoms with Crippen molar-refractivity contribution in [1.82, 2.24) is 19.7 Å². The number of hydrogen-bond donors (Lipinski definition) is 0. The number of aromatic nitrogens is 2. The highest BCUT2D eigenvalue weighted by atomic mass is 16.6. The molecule has 1 aromatic heterocycles. The summed E-state index contributed by atoms with van der Waals surface area (Å²) in [5.41, 5.74) is 2.08. The molecule has 2 atom stereocenters. The van der Waals surface area contributed by atoms with Gasteiger partial charge in [-0.2, -0.15) is 15.2 Å². The molecule has 1 aliphatic carbocycles. The van der Waals surface area contributed by atoms with E-state index in [0.717, 1.165) is 42.4 Å². The van der Waals surface area contributed by atoms with Gasteiger partial charge >= 0.3 is 6.09 Å². The predicted octanol–water partition coefficient (Wildman–Crippen LogP) is 5.83. The van der Waals surface area contributed by atoms with Crippen molar-refractivity contribution in [2.24, 2.45) is 16.9 Å². The molecule has 0 spiro atoms. The smallest absolute Gasteiger partial charge is 0.435 e. The van der Waals surface area contributed by atoms with Gasteiger partial charge in [0.2, 0.25) is 0 Å². The molecule has 1 aromatic carbocycles. The Morgan fingerprint density at radius 2 is 1.94 bits per heavy atom. The van der Waals surface area contributed by atoms with Crippen LogP contribution in [0.25, 0.3) is 10.9 Å². The van der Waals surface area contributed by atoms with Crippen LogP contribution in [-0.2, 0) is 11.3 Å². The minimum Gasteiger partial charge on any atom is -0.442 e. The van der Waals surface area contributed by atoms with Gasteiger partial charge in [0.25, 0.3) is 5.91 Å². The Bertz CT molecular complexity index is 1190. The fraction of sp³-hybridized carbons (Fsp3) is 0.571. The molecule has 0 saturated heterocycles. The fourth-order valence-corrected chi connectivity index (χ4v) is 5.12. The van der Waals surface area contributed by atoms with E-state index in [4.69, 9.17) is 4.74 Å². The molecule has 1 aliphatic heterocycles. The first kappa shape index (κ1) is 25.9. The molecule has 8 heteroatoms. The van der Waals surface area contributed by atoms with Crippen LogP contribution in [0.3, 0.4) is 0 Å². The van der Waals surface area contributed by atoms with Crippen molar-refractivity contribution in [2.45, 2.75) is 92.0 Å². The van der Waals surface area contributed by atoms with E-state index in [9.17, 15) is 9.59 Å². The third-order valence-electron chi connectivity index (χ3n) is 6.60. The zero-order valence-electron chi connectivity index (χ0n) is 22.6. The second kappa shape index (κ2) is 10.1. The highest BCUT2D eigenvalue weighted by Gasteiger charge is 2.36. The van der Waals surface area contributed by atoms with Gasteiger partial charge in [0, 0.05) is 41.8 Å². The quantitative estimate of drug-likeness (QED) is 0.525. The van der Waals surface area contributed by atoms with Gasteiger partial charge in [-0.15, -0.1) is 0 Å². The van der Waals surface area contributed by atoms with Crippen LogP contribution in [0.1, 0.15) is 78.1 Å². The van der Waals surface area contributed by atoms with Gasteiger partial charge in [-0.25, -0.2) is 4.79 Å². The maximum Gasteiger partial charge on any atom is 0.435 e. The van der Waals surface area contributed by atoms with Crippen LogP contribution in [0.5, 0.6) is 0 Å². The fourth-order valence-electron chi connectivity index (χ4n) is 5.12. The molecule has 194 valence electrons. The number of amides is 2. The summed E-state index contributed by atoms with van der Waals surface area (Å²) in [5.74, 6) is 0.605. The van der Waals surface area contributed by atoms with Crippen LogP contribution in [0.4, 0.5) is 4.79 Å². The molecule has 2 aromatic rings. The maximum atomic E-state index is 13.9. The van der Waals surface area contributed by atoms with Crippen LogP contribution in [0.15, 0.2) is 41.8 Å². The molecule has 0 radical (unpaired) electrons. The number of nitrogens with zero attached hydrogens (tertiary/aromatic N) is 5. The number of ether oxygens (including phenoxy) is 1. The summed E-state index contributed by atoms with van der Waals surface area (Å²) in [6, 6.07) is 6.03. The number of rotatable bonds is 5. The van der Waals surface area contributed by atoms with E-state index in [0.29, 0.717) is 11.5 Å². The summed E-state index contributed by atoms with van der Waals surface area (Å²) in [4.78, 5) is 28.4. The summed E-state index contributed by atoms with van der Waals surface area (Å²) in [6.45, 7) is 14.8. The second-order valence-electron chi connectivity index (χ2n) is 11.6. The zero-order chi connectivity index (χ0) is 26.2. The Hall–Kier alpha value is -3.16. The van der Waals surface area contributed by atoms with E-state index in [1.165, 1.54) is 5.01 Å². The summed E-state index contributed by atoms with van der Waals surface area (Å²) in [6.07, 6.45) is 7.36. The lowest BCUT2D eigenvalue weighted by Crippen LogP contribution is -2.48. The lowest BCUT2D eigenvalue weighted by atomic mass is 9.82. The standard InChI is InChI=1S/C28H39N5O3/c1-18(2)17-32-25-10-8-9-22(23(25)16-29-32)26(34)33(19(3)4)21-11-12-24-20(15-21)13-14-31(30-24)27(35)36-28(5,6)7/h8-10,13-14,16,18-21H,11-12,15,17H2,1-7H3. The van der Waals surface area contributed by atoms with Gasteiger partial charge < -0.3 is 9.64 Å². The highest BCUT2D eigenvalue weighted by molar-refractivity contribution is 6.06. The molecule has 36 heavy (non-hydrogen) atoms. The molecule has 2 aliphatic rings. The average Bonchev–Trinajstić information content (AvgIpc) is 3.19. The largest absolute Gasteiger partial charge is 0.442 e. The number of benzene rings is 1. The summed E-state index contributed by atoms with van der Waals surface area (Å²) < 4.78 is 7.44. The van der Waals surface area contributed by atoms with Crippen LogP contribution in [0.2, 0.25) is 0 Å². The van der Waals surface area contributed by atoms with Crippen molar-refractivity contribution in [3.05, 3.63) is 42.2 Å². The van der Waals surface area contributed by atoms with Gasteiger partial charge in [0.05, 0.1) is 17.3 Å². The Labute approximate surface area is 214 Å². The van der Waals surface area contributed by atoms with Crippen LogP contribution < -0.4 is 0 Å². The molecular formula is C28H39N5O3. The number of hydrogen-bond acceptors (Lipinski definition) is 5. The normalized spacial score (nSPS) is 20.0. The maximum absolute atomic E-state index is 13.9. The minimum atomic E-state index is -0.577. The van der Waals surface area contributed by atoms with Crippen LogP contribution >= 0.6 is 0 Å². The van der Waals surface area contributed by atoms with E-state index in [1.807, 2.05) is 60.8 Å². The number of carbonyl (C=O) groups is 2. The van der Waals surface area contributed by atoms with E-state index >= 15 is 0 Å². The third kappa shape index (κ3) is 5.47. The van der Waals surface area contributed by atoms with Crippen LogP contribution in [-0.4, -0.2) is 55.1 Å². The van der Waals surface area contributed by atoms with E-state index in [-0.39, 0.29) is 23.9 Å². The lowest BCUT2D eigenvalue weighted by molar-refractivity contribution is 0.0332. The number of allylic oxidation sites excluding steroid dienone is 1. The first-order valence-electron chi connectivity index (χ1n) is 13.0. The average molecular weight is 494 g/mol. The van der Waals surface area contributed by atoms with Crippen molar-refractivity contribution >= 4 is 28.6 Å². The molecule has 2 unspecified atom stereocenters. The highest BCUT2D eigenvalue weighted by Crippen LogP contribution is 2.33. The van der Waals surface area contributed by atoms with Gasteiger partial charge in [-0.1, -0.05) is 26.0 Å².